The highest BCUT2D eigenvalue weighted by molar-refractivity contribution is 7.19. The molecule has 1 aliphatic rings. The molecule has 1 amide bonds. The van der Waals surface area contributed by atoms with Gasteiger partial charge in [-0.15, -0.1) is 11.3 Å². The van der Waals surface area contributed by atoms with Crippen molar-refractivity contribution in [2.24, 2.45) is 0 Å². The third-order valence-electron chi connectivity index (χ3n) is 6.07. The molecule has 0 saturated heterocycles. The minimum atomic E-state index is -0.515. The maximum Gasteiger partial charge on any atom is 0.410 e. The van der Waals surface area contributed by atoms with Gasteiger partial charge in [-0.05, 0) is 63.3 Å². The SMILES string of the molecule is CC(C)(C)OC(=O)N1CCc2c(sc3nc(-c4ccncc4)nc(NCCCc4ccccc4)c23)C1. The first-order chi connectivity index (χ1) is 17.4. The molecule has 4 aromatic rings. The lowest BCUT2D eigenvalue weighted by Gasteiger charge is -2.30. The molecule has 0 bridgehead atoms. The van der Waals surface area contributed by atoms with Crippen molar-refractivity contribution < 1.29 is 9.53 Å². The molecule has 8 heteroatoms. The number of ether oxygens (including phenoxy) is 1. The zero-order chi connectivity index (χ0) is 25.1. The fourth-order valence-corrected chi connectivity index (χ4v) is 5.61. The van der Waals surface area contributed by atoms with Gasteiger partial charge in [-0.2, -0.15) is 0 Å². The van der Waals surface area contributed by atoms with Crippen molar-refractivity contribution in [3.05, 3.63) is 70.9 Å². The van der Waals surface area contributed by atoms with Gasteiger partial charge in [-0.3, -0.25) is 4.98 Å². The number of anilines is 1. The van der Waals surface area contributed by atoms with E-state index in [0.717, 1.165) is 52.3 Å². The average Bonchev–Trinajstić information content (AvgIpc) is 3.24. The molecule has 5 rings (SSSR count). The van der Waals surface area contributed by atoms with Gasteiger partial charge in [0.1, 0.15) is 16.2 Å². The van der Waals surface area contributed by atoms with Crippen LogP contribution in [0, 0.1) is 0 Å². The van der Waals surface area contributed by atoms with Gasteiger partial charge >= 0.3 is 6.09 Å². The van der Waals surface area contributed by atoms with Gasteiger partial charge in [-0.1, -0.05) is 30.3 Å². The molecule has 1 aromatic carbocycles. The van der Waals surface area contributed by atoms with Gasteiger partial charge in [0.25, 0.3) is 0 Å². The van der Waals surface area contributed by atoms with Crippen LogP contribution in [0.4, 0.5) is 10.6 Å². The van der Waals surface area contributed by atoms with Gasteiger partial charge in [0.05, 0.1) is 11.9 Å². The summed E-state index contributed by atoms with van der Waals surface area (Å²) in [6, 6.07) is 14.4. The Morgan fingerprint density at radius 1 is 1.11 bits per heavy atom. The van der Waals surface area contributed by atoms with Crippen molar-refractivity contribution in [2.45, 2.75) is 52.2 Å². The van der Waals surface area contributed by atoms with E-state index in [1.54, 1.807) is 28.6 Å². The van der Waals surface area contributed by atoms with Gasteiger partial charge in [0.2, 0.25) is 0 Å². The van der Waals surface area contributed by atoms with E-state index in [1.165, 1.54) is 11.1 Å². The normalized spacial score (nSPS) is 13.5. The Bertz CT molecular complexity index is 1350. The lowest BCUT2D eigenvalue weighted by atomic mass is 10.0. The summed E-state index contributed by atoms with van der Waals surface area (Å²) in [7, 11) is 0. The van der Waals surface area contributed by atoms with E-state index >= 15 is 0 Å². The molecule has 0 atom stereocenters. The summed E-state index contributed by atoms with van der Waals surface area (Å²) in [5.74, 6) is 1.54. The van der Waals surface area contributed by atoms with Crippen LogP contribution in [-0.4, -0.2) is 44.6 Å². The number of hydrogen-bond donors (Lipinski definition) is 1. The number of benzene rings is 1. The molecule has 186 valence electrons. The number of aromatic nitrogens is 3. The molecule has 36 heavy (non-hydrogen) atoms. The van der Waals surface area contributed by atoms with Crippen LogP contribution in [0.2, 0.25) is 0 Å². The maximum absolute atomic E-state index is 12.7. The summed E-state index contributed by atoms with van der Waals surface area (Å²) >= 11 is 1.64. The zero-order valence-electron chi connectivity index (χ0n) is 21.0. The summed E-state index contributed by atoms with van der Waals surface area (Å²) in [6.45, 7) is 7.64. The average molecular weight is 502 g/mol. The minimum Gasteiger partial charge on any atom is -0.444 e. The third kappa shape index (κ3) is 5.49. The van der Waals surface area contributed by atoms with Crippen LogP contribution in [0.1, 0.15) is 43.2 Å². The quantitative estimate of drug-likeness (QED) is 0.322. The van der Waals surface area contributed by atoms with Crippen LogP contribution >= 0.6 is 11.3 Å². The topological polar surface area (TPSA) is 80.2 Å². The first-order valence-corrected chi connectivity index (χ1v) is 13.2. The molecular weight excluding hydrogens is 470 g/mol. The van der Waals surface area contributed by atoms with E-state index < -0.39 is 5.60 Å². The van der Waals surface area contributed by atoms with Crippen molar-refractivity contribution >= 4 is 33.5 Å². The van der Waals surface area contributed by atoms with E-state index in [1.807, 2.05) is 39.0 Å². The summed E-state index contributed by atoms with van der Waals surface area (Å²) in [6.07, 6.45) is 6.01. The standard InChI is InChI=1S/C28H31N5O2S/c1-28(2,3)35-27(34)33-17-13-21-22(18-33)36-26-23(21)25(30-14-7-10-19-8-5-4-6-9-19)31-24(32-26)20-11-15-29-16-12-20/h4-6,8-9,11-12,15-16H,7,10,13-14,17-18H2,1-3H3,(H,30,31,32). The highest BCUT2D eigenvalue weighted by Crippen LogP contribution is 2.39. The van der Waals surface area contributed by atoms with Crippen LogP contribution in [0.15, 0.2) is 54.9 Å². The number of thiophene rings is 1. The smallest absolute Gasteiger partial charge is 0.410 e. The van der Waals surface area contributed by atoms with Crippen molar-refractivity contribution in [1.29, 1.82) is 0 Å². The maximum atomic E-state index is 12.7. The van der Waals surface area contributed by atoms with Crippen LogP contribution in [0.25, 0.3) is 21.6 Å². The number of rotatable bonds is 6. The predicted molar refractivity (Wildman–Crippen MR) is 144 cm³/mol. The highest BCUT2D eigenvalue weighted by Gasteiger charge is 2.29. The lowest BCUT2D eigenvalue weighted by Crippen LogP contribution is -2.39. The molecule has 0 fully saturated rings. The third-order valence-corrected chi connectivity index (χ3v) is 7.18. The number of pyridine rings is 1. The Hall–Kier alpha value is -3.52. The largest absolute Gasteiger partial charge is 0.444 e. The van der Waals surface area contributed by atoms with Crippen LogP contribution in [0.3, 0.4) is 0 Å². The monoisotopic (exact) mass is 501 g/mol. The summed E-state index contributed by atoms with van der Waals surface area (Å²) in [5, 5.41) is 4.68. The number of nitrogens with zero attached hydrogens (tertiary/aromatic N) is 4. The minimum absolute atomic E-state index is 0.270. The molecule has 3 aromatic heterocycles. The molecule has 0 spiro atoms. The predicted octanol–water partition coefficient (Wildman–Crippen LogP) is 6.09. The van der Waals surface area contributed by atoms with Gasteiger partial charge in [0.15, 0.2) is 5.82 Å². The Labute approximate surface area is 215 Å². The Morgan fingerprint density at radius 2 is 1.89 bits per heavy atom. The number of carbonyl (C=O) groups excluding carboxylic acids is 1. The molecule has 1 aliphatic heterocycles. The van der Waals surface area contributed by atoms with Crippen molar-refractivity contribution in [1.82, 2.24) is 19.9 Å². The molecule has 0 radical (unpaired) electrons. The van der Waals surface area contributed by atoms with E-state index in [0.29, 0.717) is 18.9 Å². The Kier molecular flexibility index (Phi) is 6.87. The summed E-state index contributed by atoms with van der Waals surface area (Å²) in [4.78, 5) is 30.6. The molecular formula is C28H31N5O2S. The van der Waals surface area contributed by atoms with Gasteiger partial charge < -0.3 is 15.0 Å². The highest BCUT2D eigenvalue weighted by atomic mass is 32.1. The molecule has 0 saturated carbocycles. The zero-order valence-corrected chi connectivity index (χ0v) is 21.8. The van der Waals surface area contributed by atoms with E-state index in [4.69, 9.17) is 14.7 Å². The number of aryl methyl sites for hydroxylation is 1. The summed E-state index contributed by atoms with van der Waals surface area (Å²) < 4.78 is 5.61. The fraction of sp³-hybridized carbons (Fsp3) is 0.357. The number of nitrogens with one attached hydrogen (secondary N) is 1. The molecule has 1 N–H and O–H groups in total. The Morgan fingerprint density at radius 3 is 2.64 bits per heavy atom. The van der Waals surface area contributed by atoms with E-state index in [2.05, 4.69) is 34.6 Å². The van der Waals surface area contributed by atoms with Gasteiger partial charge in [0, 0.05) is 35.9 Å². The van der Waals surface area contributed by atoms with Gasteiger partial charge in [-0.25, -0.2) is 14.8 Å². The Balaban J connectivity index is 1.43. The van der Waals surface area contributed by atoms with E-state index in [9.17, 15) is 4.79 Å². The number of fused-ring (bicyclic) bond motifs is 3. The molecule has 4 heterocycles. The van der Waals surface area contributed by atoms with Crippen molar-refractivity contribution in [2.75, 3.05) is 18.4 Å². The molecule has 0 aliphatic carbocycles. The lowest BCUT2D eigenvalue weighted by molar-refractivity contribution is 0.0227. The number of hydrogen-bond acceptors (Lipinski definition) is 7. The molecule has 0 unspecified atom stereocenters. The number of carbonyl (C=O) groups is 1. The first kappa shape index (κ1) is 24.2. The van der Waals surface area contributed by atoms with E-state index in [-0.39, 0.29) is 6.09 Å². The summed E-state index contributed by atoms with van der Waals surface area (Å²) in [5.41, 5.74) is 2.99. The molecule has 7 nitrogen and oxygen atoms in total. The first-order valence-electron chi connectivity index (χ1n) is 12.4. The second kappa shape index (κ2) is 10.2. The van der Waals surface area contributed by atoms with Crippen molar-refractivity contribution in [3.8, 4) is 11.4 Å². The number of amides is 1. The van der Waals surface area contributed by atoms with Crippen LogP contribution in [-0.2, 0) is 24.1 Å². The second-order valence-electron chi connectivity index (χ2n) is 9.98. The van der Waals surface area contributed by atoms with Crippen molar-refractivity contribution in [3.63, 3.8) is 0 Å². The van der Waals surface area contributed by atoms with Crippen LogP contribution in [0.5, 0.6) is 0 Å². The second-order valence-corrected chi connectivity index (χ2v) is 11.1. The van der Waals surface area contributed by atoms with Crippen LogP contribution < -0.4 is 5.32 Å². The fourth-order valence-electron chi connectivity index (χ4n) is 4.38.